The second-order valence-electron chi connectivity index (χ2n) is 8.25. The molecule has 0 saturated carbocycles. The predicted molar refractivity (Wildman–Crippen MR) is 163 cm³/mol. The Balaban J connectivity index is 1.43. The molecule has 2 N–H and O–H groups in total. The lowest BCUT2D eigenvalue weighted by atomic mass is 10.1. The van der Waals surface area contributed by atoms with Crippen molar-refractivity contribution < 1.29 is 14.4 Å². The number of anilines is 1. The van der Waals surface area contributed by atoms with Crippen molar-refractivity contribution in [1.29, 1.82) is 0 Å². The summed E-state index contributed by atoms with van der Waals surface area (Å²) in [5, 5.41) is 6.28. The van der Waals surface area contributed by atoms with E-state index in [9.17, 15) is 14.4 Å². The minimum Gasteiger partial charge on any atom is -0.321 e. The molecule has 0 aliphatic rings. The van der Waals surface area contributed by atoms with Crippen molar-refractivity contribution in [2.75, 3.05) is 11.1 Å². The molecule has 4 rings (SSSR count). The third kappa shape index (κ3) is 8.31. The number of ketones is 1. The lowest BCUT2D eigenvalue weighted by Crippen LogP contribution is -2.30. The monoisotopic (exact) mass is 638 g/mol. The van der Waals surface area contributed by atoms with Crippen molar-refractivity contribution in [1.82, 2.24) is 5.32 Å². The number of carbonyl (C=O) groups is 3. The fourth-order valence-electron chi connectivity index (χ4n) is 3.40. The number of Topliss-reactive ketones (excluding diaryl/α,β-unsaturated/α-hetero) is 1. The van der Waals surface area contributed by atoms with Gasteiger partial charge in [-0.3, -0.25) is 14.4 Å². The van der Waals surface area contributed by atoms with Gasteiger partial charge in [0.15, 0.2) is 5.78 Å². The zero-order chi connectivity index (χ0) is 27.8. The summed E-state index contributed by atoms with van der Waals surface area (Å²) in [7, 11) is 0. The van der Waals surface area contributed by atoms with Crippen LogP contribution in [0.4, 0.5) is 5.69 Å². The Kier molecular flexibility index (Phi) is 10.0. The van der Waals surface area contributed by atoms with Crippen molar-refractivity contribution in [2.24, 2.45) is 0 Å². The lowest BCUT2D eigenvalue weighted by Gasteiger charge is -2.12. The van der Waals surface area contributed by atoms with E-state index in [1.165, 1.54) is 11.8 Å². The van der Waals surface area contributed by atoms with Gasteiger partial charge in [-0.05, 0) is 78.4 Å². The Morgan fingerprint density at radius 1 is 0.795 bits per heavy atom. The van der Waals surface area contributed by atoms with Gasteiger partial charge in [0.1, 0.15) is 5.70 Å². The molecule has 0 radical (unpaired) electrons. The molecule has 0 unspecified atom stereocenters. The van der Waals surface area contributed by atoms with Crippen LogP contribution >= 0.6 is 50.9 Å². The van der Waals surface area contributed by atoms with Gasteiger partial charge in [-0.1, -0.05) is 69.5 Å². The average Bonchev–Trinajstić information content (AvgIpc) is 2.95. The van der Waals surface area contributed by atoms with E-state index >= 15 is 0 Å². The van der Waals surface area contributed by atoms with Gasteiger partial charge in [-0.2, -0.15) is 0 Å². The highest BCUT2D eigenvalue weighted by molar-refractivity contribution is 9.10. The van der Waals surface area contributed by atoms with Crippen LogP contribution < -0.4 is 10.6 Å². The van der Waals surface area contributed by atoms with E-state index in [1.54, 1.807) is 60.7 Å². The van der Waals surface area contributed by atoms with Crippen molar-refractivity contribution in [2.45, 2.75) is 4.90 Å². The molecule has 0 atom stereocenters. The molecule has 0 bridgehead atoms. The molecule has 9 heteroatoms. The highest BCUT2D eigenvalue weighted by Crippen LogP contribution is 2.25. The van der Waals surface area contributed by atoms with Gasteiger partial charge in [-0.15, -0.1) is 11.8 Å². The Hall–Kier alpha value is -3.36. The number of amides is 2. The Labute approximate surface area is 248 Å². The molecule has 2 amide bonds. The summed E-state index contributed by atoms with van der Waals surface area (Å²) >= 11 is 16.7. The van der Waals surface area contributed by atoms with Gasteiger partial charge < -0.3 is 10.6 Å². The summed E-state index contributed by atoms with van der Waals surface area (Å²) in [5.41, 5.74) is 2.30. The van der Waals surface area contributed by atoms with Crippen LogP contribution in [0, 0.1) is 0 Å². The number of hydrogen-bond acceptors (Lipinski definition) is 4. The first-order valence-corrected chi connectivity index (χ1v) is 14.2. The normalized spacial score (nSPS) is 11.1. The third-order valence-electron chi connectivity index (χ3n) is 5.43. The van der Waals surface area contributed by atoms with E-state index in [4.69, 9.17) is 23.2 Å². The van der Waals surface area contributed by atoms with E-state index in [2.05, 4.69) is 26.6 Å². The Bertz CT molecular complexity index is 1530. The van der Waals surface area contributed by atoms with Crippen LogP contribution in [-0.2, 0) is 4.79 Å². The summed E-state index contributed by atoms with van der Waals surface area (Å²) in [6.07, 6.45) is 1.61. The van der Waals surface area contributed by atoms with Crippen LogP contribution in [0.5, 0.6) is 0 Å². The van der Waals surface area contributed by atoms with Gasteiger partial charge in [0.25, 0.3) is 11.8 Å². The Morgan fingerprint density at radius 2 is 1.49 bits per heavy atom. The molecule has 0 saturated heterocycles. The summed E-state index contributed by atoms with van der Waals surface area (Å²) in [4.78, 5) is 39.3. The molecule has 0 spiro atoms. The first-order valence-electron chi connectivity index (χ1n) is 11.6. The molecule has 0 heterocycles. The van der Waals surface area contributed by atoms with Crippen molar-refractivity contribution in [3.8, 4) is 0 Å². The summed E-state index contributed by atoms with van der Waals surface area (Å²) in [6.45, 7) is 0. The van der Waals surface area contributed by atoms with Crippen LogP contribution in [-0.4, -0.2) is 23.4 Å². The number of benzene rings is 4. The zero-order valence-electron chi connectivity index (χ0n) is 20.3. The number of thioether (sulfide) groups is 1. The Morgan fingerprint density at radius 3 is 2.15 bits per heavy atom. The maximum Gasteiger partial charge on any atom is 0.272 e. The maximum atomic E-state index is 13.2. The van der Waals surface area contributed by atoms with Gasteiger partial charge in [0, 0.05) is 26.2 Å². The first-order chi connectivity index (χ1) is 18.8. The fourth-order valence-corrected chi connectivity index (χ4v) is 4.76. The minimum atomic E-state index is -0.475. The molecule has 0 aromatic heterocycles. The van der Waals surface area contributed by atoms with Crippen LogP contribution in [0.3, 0.4) is 0 Å². The van der Waals surface area contributed by atoms with Gasteiger partial charge in [0.05, 0.1) is 15.8 Å². The first kappa shape index (κ1) is 28.6. The molecule has 39 heavy (non-hydrogen) atoms. The number of hydrogen-bond donors (Lipinski definition) is 2. The molecule has 5 nitrogen and oxygen atoms in total. The van der Waals surface area contributed by atoms with E-state index in [0.717, 1.165) is 14.9 Å². The molecule has 0 fully saturated rings. The van der Waals surface area contributed by atoms with E-state index < -0.39 is 11.8 Å². The molecule has 0 aliphatic carbocycles. The van der Waals surface area contributed by atoms with Crippen LogP contribution in [0.15, 0.2) is 112 Å². The van der Waals surface area contributed by atoms with Gasteiger partial charge in [0.2, 0.25) is 0 Å². The molecular weight excluding hydrogens is 619 g/mol. The van der Waals surface area contributed by atoms with Crippen LogP contribution in [0.25, 0.3) is 6.08 Å². The van der Waals surface area contributed by atoms with Crippen molar-refractivity contribution in [3.63, 3.8) is 0 Å². The van der Waals surface area contributed by atoms with Crippen molar-refractivity contribution >= 4 is 80.3 Å². The van der Waals surface area contributed by atoms with Crippen LogP contribution in [0.1, 0.15) is 26.3 Å². The predicted octanol–water partition coefficient (Wildman–Crippen LogP) is 8.14. The molecule has 196 valence electrons. The smallest absolute Gasteiger partial charge is 0.272 e. The second-order valence-corrected chi connectivity index (χ2v) is 11.0. The number of carbonyl (C=O) groups excluding carboxylic acids is 3. The summed E-state index contributed by atoms with van der Waals surface area (Å²) in [5.74, 6) is -0.729. The fraction of sp³-hybridized carbons (Fsp3) is 0.0333. The van der Waals surface area contributed by atoms with E-state index in [1.807, 2.05) is 42.5 Å². The quantitative estimate of drug-likeness (QED) is 0.110. The molecule has 4 aromatic carbocycles. The molecule has 4 aromatic rings. The summed E-state index contributed by atoms with van der Waals surface area (Å²) < 4.78 is 0.899. The maximum absolute atomic E-state index is 13.2. The highest BCUT2D eigenvalue weighted by Gasteiger charge is 2.15. The van der Waals surface area contributed by atoms with Gasteiger partial charge in [-0.25, -0.2) is 0 Å². The largest absolute Gasteiger partial charge is 0.321 e. The number of nitrogens with one attached hydrogen (secondary N) is 2. The van der Waals surface area contributed by atoms with Crippen molar-refractivity contribution in [3.05, 3.63) is 134 Å². The number of halogens is 3. The van der Waals surface area contributed by atoms with E-state index in [-0.39, 0.29) is 17.2 Å². The lowest BCUT2D eigenvalue weighted by molar-refractivity contribution is -0.113. The average molecular weight is 640 g/mol. The summed E-state index contributed by atoms with van der Waals surface area (Å²) in [6, 6.07) is 27.9. The van der Waals surface area contributed by atoms with E-state index in [0.29, 0.717) is 26.9 Å². The topological polar surface area (TPSA) is 75.3 Å². The standard InChI is InChI=1S/C30H21BrCl2N2O3S/c31-22-9-6-19(7-10-22)16-27(35-29(37)20-4-2-1-3-5-20)30(38)34-23-11-13-24(14-12-23)39-18-28(36)21-8-15-25(32)26(33)17-21/h1-17H,18H2,(H,34,38)(H,35,37)/b27-16-. The highest BCUT2D eigenvalue weighted by atomic mass is 79.9. The molecule has 0 aliphatic heterocycles. The number of rotatable bonds is 9. The van der Waals surface area contributed by atoms with Crippen LogP contribution in [0.2, 0.25) is 10.0 Å². The SMILES string of the molecule is O=C(Nc1ccc(SCC(=O)c2ccc(Cl)c(Cl)c2)cc1)/C(=C/c1ccc(Br)cc1)NC(=O)c1ccccc1. The second kappa shape index (κ2) is 13.6. The third-order valence-corrected chi connectivity index (χ3v) is 7.71. The van der Waals surface area contributed by atoms with Gasteiger partial charge >= 0.3 is 0 Å². The zero-order valence-corrected chi connectivity index (χ0v) is 24.2. The minimum absolute atomic E-state index is 0.0761. The molecular formula is C30H21BrCl2N2O3S.